The Bertz CT molecular complexity index is 511. The molecule has 5 nitrogen and oxygen atoms in total. The van der Waals surface area contributed by atoms with Gasteiger partial charge in [0.05, 0.1) is 0 Å². The van der Waals surface area contributed by atoms with Crippen molar-refractivity contribution in [2.24, 2.45) is 18.9 Å². The molecule has 116 valence electrons. The number of amides is 1. The number of carbonyl (C=O) groups is 1. The highest BCUT2D eigenvalue weighted by Gasteiger charge is 2.47. The molecule has 2 fully saturated rings. The maximum atomic E-state index is 12.4. The molecule has 1 aliphatic carbocycles. The van der Waals surface area contributed by atoms with Crippen molar-refractivity contribution in [1.82, 2.24) is 14.5 Å². The Balaban J connectivity index is 1.53. The van der Waals surface area contributed by atoms with Crippen molar-refractivity contribution in [1.29, 1.82) is 0 Å². The zero-order chi connectivity index (χ0) is 15.0. The Morgan fingerprint density at radius 3 is 2.57 bits per heavy atom. The third kappa shape index (κ3) is 2.98. The average Bonchev–Trinajstić information content (AvgIpc) is 3.25. The van der Waals surface area contributed by atoms with E-state index >= 15 is 0 Å². The number of nitrogens with zero attached hydrogens (tertiary/aromatic N) is 3. The van der Waals surface area contributed by atoms with Gasteiger partial charge in [0.25, 0.3) is 5.91 Å². The molecule has 0 spiro atoms. The van der Waals surface area contributed by atoms with E-state index in [2.05, 4.69) is 9.55 Å². The number of aryl methyl sites for hydroxylation is 1. The van der Waals surface area contributed by atoms with Gasteiger partial charge in [-0.1, -0.05) is 0 Å². The van der Waals surface area contributed by atoms with Crippen LogP contribution in [-0.2, 0) is 18.3 Å². The second-order valence-corrected chi connectivity index (χ2v) is 6.82. The molecule has 1 N–H and O–H groups in total. The van der Waals surface area contributed by atoms with Crippen LogP contribution in [0.5, 0.6) is 0 Å². The van der Waals surface area contributed by atoms with E-state index < -0.39 is 5.60 Å². The average molecular weight is 291 g/mol. The summed E-state index contributed by atoms with van der Waals surface area (Å²) in [6, 6.07) is 0. The quantitative estimate of drug-likeness (QED) is 0.911. The Morgan fingerprint density at radius 2 is 2.05 bits per heavy atom. The Labute approximate surface area is 126 Å². The number of rotatable bonds is 4. The van der Waals surface area contributed by atoms with Gasteiger partial charge < -0.3 is 14.6 Å². The topological polar surface area (TPSA) is 58.4 Å². The molecule has 5 heteroatoms. The van der Waals surface area contributed by atoms with Crippen molar-refractivity contribution in [3.8, 4) is 0 Å². The summed E-state index contributed by atoms with van der Waals surface area (Å²) in [6.45, 7) is 3.21. The molecule has 0 radical (unpaired) electrons. The van der Waals surface area contributed by atoms with E-state index in [1.54, 1.807) is 6.92 Å². The van der Waals surface area contributed by atoms with Gasteiger partial charge in [0.1, 0.15) is 11.4 Å². The fraction of sp³-hybridized carbons (Fsp3) is 0.750. The molecule has 1 aromatic rings. The maximum absolute atomic E-state index is 12.4. The van der Waals surface area contributed by atoms with Crippen LogP contribution in [0.25, 0.3) is 0 Å². The molecule has 1 atom stereocenters. The largest absolute Gasteiger partial charge is 0.380 e. The number of imidazole rings is 1. The molecule has 1 saturated carbocycles. The van der Waals surface area contributed by atoms with Crippen LogP contribution in [0.2, 0.25) is 0 Å². The summed E-state index contributed by atoms with van der Waals surface area (Å²) < 4.78 is 2.06. The smallest absolute Gasteiger partial charge is 0.254 e. The van der Waals surface area contributed by atoms with E-state index in [0.29, 0.717) is 5.92 Å². The minimum absolute atomic E-state index is 0.0690. The molecule has 0 bridgehead atoms. The fourth-order valence-electron chi connectivity index (χ4n) is 3.33. The minimum atomic E-state index is -1.15. The molecule has 1 amide bonds. The Kier molecular flexibility index (Phi) is 3.78. The zero-order valence-corrected chi connectivity index (χ0v) is 13.0. The van der Waals surface area contributed by atoms with Gasteiger partial charge in [-0.3, -0.25) is 4.79 Å². The number of hydrogen-bond acceptors (Lipinski definition) is 3. The van der Waals surface area contributed by atoms with E-state index in [4.69, 9.17) is 0 Å². The van der Waals surface area contributed by atoms with Gasteiger partial charge in [-0.2, -0.15) is 0 Å². The van der Waals surface area contributed by atoms with Crippen molar-refractivity contribution >= 4 is 5.91 Å². The van der Waals surface area contributed by atoms with Crippen molar-refractivity contribution in [3.63, 3.8) is 0 Å². The lowest BCUT2D eigenvalue weighted by atomic mass is 9.91. The van der Waals surface area contributed by atoms with Crippen LogP contribution in [0, 0.1) is 11.8 Å². The van der Waals surface area contributed by atoms with Crippen molar-refractivity contribution in [2.45, 2.75) is 44.6 Å². The van der Waals surface area contributed by atoms with Crippen LogP contribution in [0.3, 0.4) is 0 Å². The second kappa shape index (κ2) is 5.44. The van der Waals surface area contributed by atoms with Crippen LogP contribution in [-0.4, -0.2) is 44.2 Å². The predicted molar refractivity (Wildman–Crippen MR) is 79.6 cm³/mol. The standard InChI is InChI=1S/C16H25N3O2/c1-16(21,13-3-4-13)15(20)19-8-5-12(6-9-19)11-14-17-7-10-18(14)2/h7,10,12-13,21H,3-6,8-9,11H2,1-2H3. The zero-order valence-electron chi connectivity index (χ0n) is 13.0. The molecular formula is C16H25N3O2. The van der Waals surface area contributed by atoms with E-state index in [9.17, 15) is 9.90 Å². The summed E-state index contributed by atoms with van der Waals surface area (Å²) in [6.07, 6.45) is 8.74. The summed E-state index contributed by atoms with van der Waals surface area (Å²) in [5, 5.41) is 10.4. The van der Waals surface area contributed by atoms with Gasteiger partial charge >= 0.3 is 0 Å². The lowest BCUT2D eigenvalue weighted by Gasteiger charge is -2.36. The highest BCUT2D eigenvalue weighted by Crippen LogP contribution is 2.40. The van der Waals surface area contributed by atoms with Gasteiger partial charge in [-0.25, -0.2) is 4.98 Å². The summed E-state index contributed by atoms with van der Waals surface area (Å²) in [5.74, 6) is 1.81. The van der Waals surface area contributed by atoms with Gasteiger partial charge in [-0.05, 0) is 44.4 Å². The van der Waals surface area contributed by atoms with E-state index in [1.807, 2.05) is 24.3 Å². The monoisotopic (exact) mass is 291 g/mol. The Hall–Kier alpha value is -1.36. The number of likely N-dealkylation sites (tertiary alicyclic amines) is 1. The molecule has 1 unspecified atom stereocenters. The molecular weight excluding hydrogens is 266 g/mol. The molecule has 2 aliphatic rings. The number of aromatic nitrogens is 2. The molecule has 21 heavy (non-hydrogen) atoms. The van der Waals surface area contributed by atoms with Gasteiger partial charge in [0.15, 0.2) is 0 Å². The summed E-state index contributed by atoms with van der Waals surface area (Å²) in [4.78, 5) is 18.7. The van der Waals surface area contributed by atoms with Crippen molar-refractivity contribution in [2.75, 3.05) is 13.1 Å². The molecule has 3 rings (SSSR count). The second-order valence-electron chi connectivity index (χ2n) is 6.82. The first-order valence-electron chi connectivity index (χ1n) is 7.96. The summed E-state index contributed by atoms with van der Waals surface area (Å²) in [5.41, 5.74) is -1.15. The molecule has 1 aliphatic heterocycles. The van der Waals surface area contributed by atoms with Gasteiger partial charge in [0.2, 0.25) is 0 Å². The van der Waals surface area contributed by atoms with E-state index in [0.717, 1.165) is 51.0 Å². The SMILES string of the molecule is Cn1ccnc1CC1CCN(C(=O)C(C)(O)C2CC2)CC1. The minimum Gasteiger partial charge on any atom is -0.380 e. The van der Waals surface area contributed by atoms with Crippen molar-refractivity contribution < 1.29 is 9.90 Å². The van der Waals surface area contributed by atoms with Crippen LogP contribution >= 0.6 is 0 Å². The summed E-state index contributed by atoms with van der Waals surface area (Å²) >= 11 is 0. The third-order valence-electron chi connectivity index (χ3n) is 5.10. The maximum Gasteiger partial charge on any atom is 0.254 e. The first kappa shape index (κ1) is 14.6. The molecule has 2 heterocycles. The van der Waals surface area contributed by atoms with Gasteiger partial charge in [-0.15, -0.1) is 0 Å². The molecule has 0 aromatic carbocycles. The summed E-state index contributed by atoms with van der Waals surface area (Å²) in [7, 11) is 2.02. The van der Waals surface area contributed by atoms with Gasteiger partial charge in [0, 0.05) is 39.0 Å². The number of hydrogen-bond donors (Lipinski definition) is 1. The lowest BCUT2D eigenvalue weighted by molar-refractivity contribution is -0.153. The van der Waals surface area contributed by atoms with E-state index in [1.165, 1.54) is 0 Å². The van der Waals surface area contributed by atoms with Crippen LogP contribution in [0.4, 0.5) is 0 Å². The normalized spacial score (nSPS) is 23.1. The predicted octanol–water partition coefficient (Wildman–Crippen LogP) is 1.36. The van der Waals surface area contributed by atoms with Crippen LogP contribution in [0.15, 0.2) is 12.4 Å². The van der Waals surface area contributed by atoms with E-state index in [-0.39, 0.29) is 11.8 Å². The highest BCUT2D eigenvalue weighted by molar-refractivity contribution is 5.85. The fourth-order valence-corrected chi connectivity index (χ4v) is 3.33. The van der Waals surface area contributed by atoms with Crippen LogP contribution in [0.1, 0.15) is 38.4 Å². The Morgan fingerprint density at radius 1 is 1.38 bits per heavy atom. The lowest BCUT2D eigenvalue weighted by Crippen LogP contribution is -2.51. The molecule has 1 aromatic heterocycles. The first-order valence-corrected chi connectivity index (χ1v) is 7.96. The number of piperidine rings is 1. The van der Waals surface area contributed by atoms with Crippen molar-refractivity contribution in [3.05, 3.63) is 18.2 Å². The number of aliphatic hydroxyl groups is 1. The van der Waals surface area contributed by atoms with Crippen LogP contribution < -0.4 is 0 Å². The third-order valence-corrected chi connectivity index (χ3v) is 5.10. The number of carbonyl (C=O) groups excluding carboxylic acids is 1. The first-order chi connectivity index (χ1) is 9.98. The highest BCUT2D eigenvalue weighted by atomic mass is 16.3. The molecule has 1 saturated heterocycles.